The highest BCUT2D eigenvalue weighted by atomic mass is 32.2. The lowest BCUT2D eigenvalue weighted by molar-refractivity contribution is -0.143. The molecule has 7 nitrogen and oxygen atoms in total. The standard InChI is InChI=1S/C34H57N3O4S/c1-7-9-10-11-12-16-24-37(32(39)29(23-25-42-6)36-33(40)41-34(3,4)5)30(27-21-19-26(8-2)20-22-27)31(38)35-28-17-14-13-15-18-28/h19-22,28-30H,7-18,23-25H2,1-6H3,(H,35,38)(H,36,40). The Morgan fingerprint density at radius 1 is 0.976 bits per heavy atom. The van der Waals surface area contributed by atoms with Gasteiger partial charge in [-0.15, -0.1) is 0 Å². The number of hydrogen-bond donors (Lipinski definition) is 2. The molecule has 1 aliphatic rings. The second-order valence-electron chi connectivity index (χ2n) is 12.6. The largest absolute Gasteiger partial charge is 0.444 e. The monoisotopic (exact) mass is 603 g/mol. The predicted molar refractivity (Wildman–Crippen MR) is 175 cm³/mol. The first-order valence-corrected chi connectivity index (χ1v) is 17.7. The molecule has 0 aliphatic heterocycles. The fraction of sp³-hybridized carbons (Fsp3) is 0.735. The molecule has 3 amide bonds. The van der Waals surface area contributed by atoms with Gasteiger partial charge < -0.3 is 20.3 Å². The van der Waals surface area contributed by atoms with Gasteiger partial charge in [-0.1, -0.05) is 89.5 Å². The zero-order valence-corrected chi connectivity index (χ0v) is 28.0. The Hall–Kier alpha value is -2.22. The van der Waals surface area contributed by atoms with Crippen molar-refractivity contribution in [1.82, 2.24) is 15.5 Å². The summed E-state index contributed by atoms with van der Waals surface area (Å²) >= 11 is 1.62. The molecule has 1 saturated carbocycles. The molecule has 0 saturated heterocycles. The molecule has 8 heteroatoms. The van der Waals surface area contributed by atoms with Crippen LogP contribution in [0.15, 0.2) is 24.3 Å². The summed E-state index contributed by atoms with van der Waals surface area (Å²) in [5.41, 5.74) is 1.31. The van der Waals surface area contributed by atoms with Crippen molar-refractivity contribution >= 4 is 29.7 Å². The van der Waals surface area contributed by atoms with Crippen LogP contribution in [0.4, 0.5) is 4.79 Å². The van der Waals surface area contributed by atoms with Crippen LogP contribution in [0, 0.1) is 0 Å². The smallest absolute Gasteiger partial charge is 0.408 e. The first-order valence-electron chi connectivity index (χ1n) is 16.3. The molecule has 1 aromatic carbocycles. The first kappa shape index (κ1) is 36.0. The molecule has 0 radical (unpaired) electrons. The summed E-state index contributed by atoms with van der Waals surface area (Å²) in [6, 6.07) is 6.65. The summed E-state index contributed by atoms with van der Waals surface area (Å²) in [6.07, 6.45) is 14.5. The molecule has 0 spiro atoms. The summed E-state index contributed by atoms with van der Waals surface area (Å²) in [4.78, 5) is 43.1. The number of nitrogens with zero attached hydrogens (tertiary/aromatic N) is 1. The van der Waals surface area contributed by atoms with E-state index in [9.17, 15) is 14.4 Å². The topological polar surface area (TPSA) is 87.7 Å². The Balaban J connectivity index is 2.43. The lowest BCUT2D eigenvalue weighted by Gasteiger charge is -2.36. The van der Waals surface area contributed by atoms with Gasteiger partial charge in [-0.3, -0.25) is 9.59 Å². The summed E-state index contributed by atoms with van der Waals surface area (Å²) in [7, 11) is 0. The van der Waals surface area contributed by atoms with Gasteiger partial charge in [0.15, 0.2) is 0 Å². The minimum Gasteiger partial charge on any atom is -0.444 e. The van der Waals surface area contributed by atoms with E-state index < -0.39 is 23.8 Å². The Morgan fingerprint density at radius 3 is 2.21 bits per heavy atom. The van der Waals surface area contributed by atoms with Crippen molar-refractivity contribution in [2.45, 2.75) is 142 Å². The predicted octanol–water partition coefficient (Wildman–Crippen LogP) is 7.57. The number of benzene rings is 1. The molecule has 238 valence electrons. The molecular weight excluding hydrogens is 546 g/mol. The number of ether oxygens (including phenoxy) is 1. The third-order valence-electron chi connectivity index (χ3n) is 7.85. The minimum absolute atomic E-state index is 0.127. The van der Waals surface area contributed by atoms with Gasteiger partial charge in [0.25, 0.3) is 0 Å². The molecule has 1 aromatic rings. The summed E-state index contributed by atoms with van der Waals surface area (Å²) < 4.78 is 5.53. The fourth-order valence-corrected chi connectivity index (χ4v) is 5.98. The van der Waals surface area contributed by atoms with Crippen molar-refractivity contribution in [3.63, 3.8) is 0 Å². The Morgan fingerprint density at radius 2 is 1.62 bits per heavy atom. The van der Waals surface area contributed by atoms with Crippen LogP contribution in [-0.4, -0.2) is 59.0 Å². The Kier molecular flexibility index (Phi) is 16.4. The van der Waals surface area contributed by atoms with Crippen molar-refractivity contribution in [1.29, 1.82) is 0 Å². The second kappa shape index (κ2) is 19.1. The molecule has 2 rings (SSSR count). The number of amides is 3. The molecule has 2 unspecified atom stereocenters. The van der Waals surface area contributed by atoms with E-state index in [-0.39, 0.29) is 17.9 Å². The molecule has 2 atom stereocenters. The Labute approximate surface area is 259 Å². The van der Waals surface area contributed by atoms with Gasteiger partial charge in [-0.25, -0.2) is 4.79 Å². The normalized spacial score (nSPS) is 15.5. The minimum atomic E-state index is -0.785. The maximum absolute atomic E-state index is 14.4. The third-order valence-corrected chi connectivity index (χ3v) is 8.49. The van der Waals surface area contributed by atoms with Gasteiger partial charge in [0.2, 0.25) is 11.8 Å². The SMILES string of the molecule is CCCCCCCCN(C(=O)C(CCSC)NC(=O)OC(C)(C)C)C(C(=O)NC1CCCCC1)c1ccc(CC)cc1. The number of hydrogen-bond acceptors (Lipinski definition) is 5. The van der Waals surface area contributed by atoms with Gasteiger partial charge in [-0.2, -0.15) is 11.8 Å². The van der Waals surface area contributed by atoms with Crippen LogP contribution >= 0.6 is 11.8 Å². The molecule has 42 heavy (non-hydrogen) atoms. The maximum atomic E-state index is 14.4. The van der Waals surface area contributed by atoms with Gasteiger partial charge in [0.1, 0.15) is 17.7 Å². The number of unbranched alkanes of at least 4 members (excludes halogenated alkanes) is 5. The van der Waals surface area contributed by atoms with Crippen LogP contribution in [0.3, 0.4) is 0 Å². The number of thioether (sulfide) groups is 1. The zero-order valence-electron chi connectivity index (χ0n) is 27.1. The molecule has 1 fully saturated rings. The fourth-order valence-electron chi connectivity index (χ4n) is 5.51. The van der Waals surface area contributed by atoms with E-state index in [4.69, 9.17) is 4.74 Å². The number of aryl methyl sites for hydroxylation is 1. The average molecular weight is 604 g/mol. The first-order chi connectivity index (χ1) is 20.1. The van der Waals surface area contributed by atoms with E-state index in [0.29, 0.717) is 18.7 Å². The van der Waals surface area contributed by atoms with E-state index in [1.165, 1.54) is 31.2 Å². The highest BCUT2D eigenvalue weighted by Crippen LogP contribution is 2.27. The zero-order chi connectivity index (χ0) is 31.0. The quantitative estimate of drug-likeness (QED) is 0.179. The van der Waals surface area contributed by atoms with Crippen LogP contribution in [-0.2, 0) is 20.7 Å². The Bertz CT molecular complexity index is 941. The highest BCUT2D eigenvalue weighted by Gasteiger charge is 2.36. The number of carbonyl (C=O) groups excluding carboxylic acids is 3. The lowest BCUT2D eigenvalue weighted by Crippen LogP contribution is -2.54. The van der Waals surface area contributed by atoms with E-state index in [1.807, 2.05) is 51.3 Å². The summed E-state index contributed by atoms with van der Waals surface area (Å²) in [6.45, 7) is 10.2. The van der Waals surface area contributed by atoms with Crippen LogP contribution < -0.4 is 10.6 Å². The summed E-state index contributed by atoms with van der Waals surface area (Å²) in [5.74, 6) is 0.333. The van der Waals surface area contributed by atoms with Gasteiger partial charge >= 0.3 is 6.09 Å². The molecule has 1 aliphatic carbocycles. The van der Waals surface area contributed by atoms with Crippen LogP contribution in [0.25, 0.3) is 0 Å². The van der Waals surface area contributed by atoms with Gasteiger partial charge in [0, 0.05) is 12.6 Å². The van der Waals surface area contributed by atoms with Crippen molar-refractivity contribution in [2.24, 2.45) is 0 Å². The average Bonchev–Trinajstić information content (AvgIpc) is 2.95. The summed E-state index contributed by atoms with van der Waals surface area (Å²) in [5, 5.41) is 6.16. The molecule has 0 bridgehead atoms. The van der Waals surface area contributed by atoms with Crippen molar-refractivity contribution in [3.05, 3.63) is 35.4 Å². The number of rotatable bonds is 17. The molecule has 2 N–H and O–H groups in total. The maximum Gasteiger partial charge on any atom is 0.408 e. The van der Waals surface area contributed by atoms with Crippen molar-refractivity contribution < 1.29 is 19.1 Å². The van der Waals surface area contributed by atoms with Crippen LogP contribution in [0.5, 0.6) is 0 Å². The van der Waals surface area contributed by atoms with Crippen LogP contribution in [0.1, 0.15) is 129 Å². The highest BCUT2D eigenvalue weighted by molar-refractivity contribution is 7.98. The van der Waals surface area contributed by atoms with Crippen molar-refractivity contribution in [2.75, 3.05) is 18.6 Å². The van der Waals surface area contributed by atoms with Gasteiger partial charge in [0.05, 0.1) is 0 Å². The second-order valence-corrected chi connectivity index (χ2v) is 13.6. The number of alkyl carbamates (subject to hydrolysis) is 1. The van der Waals surface area contributed by atoms with Crippen molar-refractivity contribution in [3.8, 4) is 0 Å². The van der Waals surface area contributed by atoms with E-state index in [0.717, 1.165) is 56.9 Å². The third kappa shape index (κ3) is 13.0. The molecule has 0 aromatic heterocycles. The number of carbonyl (C=O) groups is 3. The van der Waals surface area contributed by atoms with E-state index >= 15 is 0 Å². The van der Waals surface area contributed by atoms with Crippen LogP contribution in [0.2, 0.25) is 0 Å². The number of nitrogens with one attached hydrogen (secondary N) is 2. The van der Waals surface area contributed by atoms with Gasteiger partial charge in [-0.05, 0) is 76.0 Å². The lowest BCUT2D eigenvalue weighted by atomic mass is 9.94. The van der Waals surface area contributed by atoms with E-state index in [1.54, 1.807) is 16.7 Å². The molecule has 0 heterocycles. The molecular formula is C34H57N3O4S. The van der Waals surface area contributed by atoms with E-state index in [2.05, 4.69) is 24.5 Å².